The summed E-state index contributed by atoms with van der Waals surface area (Å²) in [6.07, 6.45) is -3.01. The molecule has 1 aliphatic heterocycles. The highest BCUT2D eigenvalue weighted by atomic mass is 19.4. The largest absolute Gasteiger partial charge is 0.507 e. The average Bonchev–Trinajstić information content (AvgIpc) is 2.73. The normalized spacial score (nSPS) is 18.7. The van der Waals surface area contributed by atoms with E-state index in [1.54, 1.807) is 6.92 Å². The summed E-state index contributed by atoms with van der Waals surface area (Å²) >= 11 is 0. The zero-order chi connectivity index (χ0) is 21.8. The number of halogens is 3. The van der Waals surface area contributed by atoms with Gasteiger partial charge in [-0.25, -0.2) is 0 Å². The van der Waals surface area contributed by atoms with Gasteiger partial charge in [-0.3, -0.25) is 0 Å². The minimum Gasteiger partial charge on any atom is -0.507 e. The van der Waals surface area contributed by atoms with Gasteiger partial charge in [0.05, 0.1) is 5.56 Å². The summed E-state index contributed by atoms with van der Waals surface area (Å²) in [6.45, 7) is 5.67. The monoisotopic (exact) mass is 422 g/mol. The van der Waals surface area contributed by atoms with Crippen molar-refractivity contribution in [2.24, 2.45) is 0 Å². The molecule has 0 aliphatic carbocycles. The van der Waals surface area contributed by atoms with Gasteiger partial charge >= 0.3 is 6.18 Å². The Balaban J connectivity index is 1.73. The average molecular weight is 422 g/mol. The van der Waals surface area contributed by atoms with Crippen LogP contribution < -0.4 is 10.6 Å². The van der Waals surface area contributed by atoms with Crippen LogP contribution in [0, 0.1) is 0 Å². The first kappa shape index (κ1) is 22.6. The standard InChI is InChI=1S/C23H29F3N2O2/c1-16(18-7-4-3-5-8-18)28-22(11-13-30-14-12-22)15-27-17(2)19-9-6-10-20(21(19)29)23(24,25)26/h3-10,16-17,27-29H,11-15H2,1-2H3/t16-,17+/m1/s1. The summed E-state index contributed by atoms with van der Waals surface area (Å²) in [5.74, 6) is -0.711. The molecule has 1 saturated heterocycles. The van der Waals surface area contributed by atoms with Crippen molar-refractivity contribution in [1.29, 1.82) is 0 Å². The molecule has 1 aliphatic rings. The Morgan fingerprint density at radius 1 is 1.00 bits per heavy atom. The van der Waals surface area contributed by atoms with Gasteiger partial charge in [-0.15, -0.1) is 0 Å². The van der Waals surface area contributed by atoms with Crippen molar-refractivity contribution in [2.75, 3.05) is 19.8 Å². The summed E-state index contributed by atoms with van der Waals surface area (Å²) in [7, 11) is 0. The van der Waals surface area contributed by atoms with Crippen LogP contribution in [0.3, 0.4) is 0 Å². The number of rotatable bonds is 7. The highest BCUT2D eigenvalue weighted by Gasteiger charge is 2.36. The van der Waals surface area contributed by atoms with E-state index in [1.807, 2.05) is 18.2 Å². The Morgan fingerprint density at radius 3 is 2.30 bits per heavy atom. The summed E-state index contributed by atoms with van der Waals surface area (Å²) in [5.41, 5.74) is 0.152. The second-order valence-corrected chi connectivity index (χ2v) is 8.01. The fraction of sp³-hybridized carbons (Fsp3) is 0.478. The smallest absolute Gasteiger partial charge is 0.419 e. The number of para-hydroxylation sites is 1. The fourth-order valence-electron chi connectivity index (χ4n) is 4.02. The maximum absolute atomic E-state index is 13.1. The van der Waals surface area contributed by atoms with E-state index in [-0.39, 0.29) is 17.1 Å². The topological polar surface area (TPSA) is 53.5 Å². The second kappa shape index (κ2) is 9.37. The molecular weight excluding hydrogens is 393 g/mol. The molecule has 0 saturated carbocycles. The van der Waals surface area contributed by atoms with Crippen LogP contribution in [0.25, 0.3) is 0 Å². The van der Waals surface area contributed by atoms with Gasteiger partial charge < -0.3 is 20.5 Å². The Labute approximate surface area is 175 Å². The lowest BCUT2D eigenvalue weighted by Crippen LogP contribution is -2.56. The van der Waals surface area contributed by atoms with Crippen molar-refractivity contribution >= 4 is 0 Å². The van der Waals surface area contributed by atoms with Crippen molar-refractivity contribution in [3.8, 4) is 5.75 Å². The van der Waals surface area contributed by atoms with Crippen LogP contribution >= 0.6 is 0 Å². The number of aromatic hydroxyl groups is 1. The first-order chi connectivity index (χ1) is 14.2. The van der Waals surface area contributed by atoms with Crippen molar-refractivity contribution < 1.29 is 23.0 Å². The molecule has 7 heteroatoms. The SMILES string of the molecule is C[C@H](NCC1(N[C@H](C)c2ccccc2)CCOCC1)c1cccc(C(F)(F)F)c1O. The molecule has 3 N–H and O–H groups in total. The van der Waals surface area contributed by atoms with Crippen LogP contribution in [0.5, 0.6) is 5.75 Å². The molecule has 4 nitrogen and oxygen atoms in total. The number of phenolic OH excluding ortho intramolecular Hbond substituents is 1. The molecule has 30 heavy (non-hydrogen) atoms. The van der Waals surface area contributed by atoms with E-state index in [2.05, 4.69) is 29.7 Å². The lowest BCUT2D eigenvalue weighted by Gasteiger charge is -2.41. The van der Waals surface area contributed by atoms with Gasteiger partial charge in [-0.1, -0.05) is 42.5 Å². The van der Waals surface area contributed by atoms with Crippen molar-refractivity contribution in [2.45, 2.75) is 50.5 Å². The molecular formula is C23H29F3N2O2. The van der Waals surface area contributed by atoms with Gasteiger partial charge in [0.25, 0.3) is 0 Å². The van der Waals surface area contributed by atoms with Gasteiger partial charge in [0.15, 0.2) is 0 Å². The quantitative estimate of drug-likeness (QED) is 0.590. The van der Waals surface area contributed by atoms with E-state index in [1.165, 1.54) is 17.7 Å². The number of nitrogens with one attached hydrogen (secondary N) is 2. The van der Waals surface area contributed by atoms with Crippen LogP contribution in [0.4, 0.5) is 13.2 Å². The van der Waals surface area contributed by atoms with Crippen LogP contribution in [0.15, 0.2) is 48.5 Å². The molecule has 0 spiro atoms. The predicted molar refractivity (Wildman–Crippen MR) is 110 cm³/mol. The van der Waals surface area contributed by atoms with E-state index in [0.717, 1.165) is 18.9 Å². The molecule has 1 fully saturated rings. The van der Waals surface area contributed by atoms with Gasteiger partial charge in [-0.2, -0.15) is 13.2 Å². The van der Waals surface area contributed by atoms with Crippen molar-refractivity contribution in [1.82, 2.24) is 10.6 Å². The summed E-state index contributed by atoms with van der Waals surface area (Å²) < 4.78 is 44.9. The molecule has 2 aromatic carbocycles. The number of ether oxygens (including phenoxy) is 1. The Hall–Kier alpha value is -2.09. The molecule has 3 rings (SSSR count). The van der Waals surface area contributed by atoms with Gasteiger partial charge in [0.2, 0.25) is 0 Å². The van der Waals surface area contributed by atoms with Crippen LogP contribution in [0.1, 0.15) is 55.5 Å². The first-order valence-corrected chi connectivity index (χ1v) is 10.2. The molecule has 0 aromatic heterocycles. The molecule has 2 atom stereocenters. The first-order valence-electron chi connectivity index (χ1n) is 10.2. The second-order valence-electron chi connectivity index (χ2n) is 8.01. The number of benzene rings is 2. The highest BCUT2D eigenvalue weighted by molar-refractivity contribution is 5.43. The molecule has 1 heterocycles. The fourth-order valence-corrected chi connectivity index (χ4v) is 4.02. The molecule has 164 valence electrons. The van der Waals surface area contributed by atoms with E-state index in [9.17, 15) is 18.3 Å². The number of hydrogen-bond acceptors (Lipinski definition) is 4. The van der Waals surface area contributed by atoms with E-state index >= 15 is 0 Å². The van der Waals surface area contributed by atoms with Crippen molar-refractivity contribution in [3.05, 3.63) is 65.2 Å². The lowest BCUT2D eigenvalue weighted by molar-refractivity contribution is -0.138. The van der Waals surface area contributed by atoms with E-state index < -0.39 is 23.5 Å². The third-order valence-corrected chi connectivity index (χ3v) is 5.86. The van der Waals surface area contributed by atoms with Gasteiger partial charge in [0.1, 0.15) is 5.75 Å². The minimum atomic E-state index is -4.59. The molecule has 0 radical (unpaired) electrons. The molecule has 2 aromatic rings. The zero-order valence-corrected chi connectivity index (χ0v) is 17.3. The lowest BCUT2D eigenvalue weighted by atomic mass is 9.87. The highest BCUT2D eigenvalue weighted by Crippen LogP contribution is 2.39. The minimum absolute atomic E-state index is 0.114. The molecule has 0 amide bonds. The maximum atomic E-state index is 13.1. The molecule has 0 bridgehead atoms. The number of alkyl halides is 3. The number of hydrogen-bond donors (Lipinski definition) is 3. The summed E-state index contributed by atoms with van der Waals surface area (Å²) in [4.78, 5) is 0. The Morgan fingerprint density at radius 2 is 1.67 bits per heavy atom. The maximum Gasteiger partial charge on any atom is 0.419 e. The van der Waals surface area contributed by atoms with E-state index in [0.29, 0.717) is 19.8 Å². The van der Waals surface area contributed by atoms with Gasteiger partial charge in [-0.05, 0) is 38.3 Å². The van der Waals surface area contributed by atoms with E-state index in [4.69, 9.17) is 4.74 Å². The third-order valence-electron chi connectivity index (χ3n) is 5.86. The molecule has 0 unspecified atom stereocenters. The summed E-state index contributed by atoms with van der Waals surface area (Å²) in [5, 5.41) is 17.3. The van der Waals surface area contributed by atoms with Crippen LogP contribution in [-0.2, 0) is 10.9 Å². The Kier molecular flexibility index (Phi) is 7.06. The van der Waals surface area contributed by atoms with Gasteiger partial charge in [0, 0.05) is 42.9 Å². The zero-order valence-electron chi connectivity index (χ0n) is 17.3. The van der Waals surface area contributed by atoms with Crippen LogP contribution in [0.2, 0.25) is 0 Å². The number of phenols is 1. The predicted octanol–water partition coefficient (Wildman–Crippen LogP) is 4.96. The Bertz CT molecular complexity index is 821. The summed E-state index contributed by atoms with van der Waals surface area (Å²) in [6, 6.07) is 13.5. The van der Waals surface area contributed by atoms with Crippen molar-refractivity contribution in [3.63, 3.8) is 0 Å². The third kappa shape index (κ3) is 5.33. The van der Waals surface area contributed by atoms with Crippen LogP contribution in [-0.4, -0.2) is 30.4 Å².